The normalized spacial score (nSPS) is 23.2. The summed E-state index contributed by atoms with van der Waals surface area (Å²) in [5, 5.41) is 10.7. The molecule has 3 atom stereocenters. The zero-order valence-electron chi connectivity index (χ0n) is 32.5. The maximum Gasteiger partial charge on any atom is 0.433 e. The Hall–Kier alpha value is -5.55. The number of aromatic nitrogens is 5. The topological polar surface area (TPSA) is 149 Å². The molecule has 306 valence electrons. The number of carbonyl (C=O) groups is 3. The fraction of sp³-hybridized carbons (Fsp3) is 0.463. The number of fused-ring (bicyclic) bond motifs is 2. The summed E-state index contributed by atoms with van der Waals surface area (Å²) in [5.74, 6) is -1.01. The molecule has 5 aromatic rings. The van der Waals surface area contributed by atoms with Crippen molar-refractivity contribution in [1.29, 1.82) is 0 Å². The van der Waals surface area contributed by atoms with Crippen molar-refractivity contribution in [2.75, 3.05) is 44.0 Å². The first-order valence-electron chi connectivity index (χ1n) is 19.6. The Bertz CT molecular complexity index is 2430. The third-order valence-electron chi connectivity index (χ3n) is 12.1. The number of ether oxygens (including phenoxy) is 1. The largest absolute Gasteiger partial charge is 0.433 e. The summed E-state index contributed by atoms with van der Waals surface area (Å²) in [6, 6.07) is 13.9. The first-order chi connectivity index (χ1) is 27.8. The zero-order valence-corrected chi connectivity index (χ0v) is 32.5. The molecule has 0 spiro atoms. The number of benzene rings is 2. The highest BCUT2D eigenvalue weighted by Crippen LogP contribution is 2.36. The van der Waals surface area contributed by atoms with Gasteiger partial charge in [0.05, 0.1) is 34.4 Å². The van der Waals surface area contributed by atoms with Crippen molar-refractivity contribution >= 4 is 51.0 Å². The smallest absolute Gasteiger partial charge is 0.378 e. The highest BCUT2D eigenvalue weighted by atomic mass is 19.4. The summed E-state index contributed by atoms with van der Waals surface area (Å²) in [7, 11) is 5.64. The van der Waals surface area contributed by atoms with Gasteiger partial charge in [-0.05, 0) is 94.0 Å². The van der Waals surface area contributed by atoms with Gasteiger partial charge in [0.2, 0.25) is 11.8 Å². The van der Waals surface area contributed by atoms with Crippen molar-refractivity contribution in [1.82, 2.24) is 34.1 Å². The minimum atomic E-state index is -4.65. The number of hydrogen-bond acceptors (Lipinski definition) is 9. The molecule has 2 saturated heterocycles. The number of aryl methyl sites for hydroxylation is 1. The lowest BCUT2D eigenvalue weighted by atomic mass is 9.85. The molecule has 14 nitrogen and oxygen atoms in total. The Morgan fingerprint density at radius 2 is 1.79 bits per heavy atom. The minimum absolute atomic E-state index is 0.0768. The fourth-order valence-electron chi connectivity index (χ4n) is 9.12. The number of para-hydroxylation sites is 1. The van der Waals surface area contributed by atoms with Gasteiger partial charge in [0.15, 0.2) is 0 Å². The average Bonchev–Trinajstić information content (AvgIpc) is 3.75. The van der Waals surface area contributed by atoms with Gasteiger partial charge in [-0.2, -0.15) is 18.3 Å². The number of anilines is 2. The van der Waals surface area contributed by atoms with Gasteiger partial charge in [0.25, 0.3) is 5.91 Å². The summed E-state index contributed by atoms with van der Waals surface area (Å²) >= 11 is 0. The maximum atomic E-state index is 13.5. The summed E-state index contributed by atoms with van der Waals surface area (Å²) in [5.41, 5.74) is 1.78. The lowest BCUT2D eigenvalue weighted by Gasteiger charge is -2.44. The number of nitrogens with one attached hydrogen (secondary N) is 2. The first-order valence-corrected chi connectivity index (χ1v) is 19.6. The van der Waals surface area contributed by atoms with Crippen molar-refractivity contribution < 1.29 is 32.3 Å². The molecule has 5 heterocycles. The zero-order chi connectivity index (χ0) is 40.9. The number of hydrogen-bond donors (Lipinski definition) is 2. The van der Waals surface area contributed by atoms with Gasteiger partial charge in [-0.3, -0.25) is 33.5 Å². The number of alkyl halides is 3. The van der Waals surface area contributed by atoms with E-state index >= 15 is 0 Å². The minimum Gasteiger partial charge on any atom is -0.378 e. The SMILES string of the molecule is CO[C@@H]1CN(c2cccc3c2n(C)c(=O)n3C2CCC(=O)NC2=O)CC[C@H]1N(C)C[C@H]1CC[C@H](n2cc3cc(NC(=O)c4cccc(C(F)(F)F)n4)ccc3n2)CC1. The summed E-state index contributed by atoms with van der Waals surface area (Å²) in [6.45, 7) is 2.33. The molecule has 8 rings (SSSR count). The molecule has 2 N–H and O–H groups in total. The van der Waals surface area contributed by atoms with Crippen molar-refractivity contribution in [2.45, 2.75) is 75.4 Å². The van der Waals surface area contributed by atoms with Crippen LogP contribution in [-0.2, 0) is 27.5 Å². The predicted molar refractivity (Wildman–Crippen MR) is 211 cm³/mol. The van der Waals surface area contributed by atoms with Gasteiger partial charge in [-0.1, -0.05) is 12.1 Å². The van der Waals surface area contributed by atoms with Gasteiger partial charge in [0.1, 0.15) is 17.4 Å². The molecule has 0 bridgehead atoms. The van der Waals surface area contributed by atoms with Crippen LogP contribution in [0.3, 0.4) is 0 Å². The van der Waals surface area contributed by atoms with Gasteiger partial charge in [-0.15, -0.1) is 0 Å². The third kappa shape index (κ3) is 7.59. The highest BCUT2D eigenvalue weighted by molar-refractivity contribution is 6.04. The second-order valence-electron chi connectivity index (χ2n) is 15.8. The Labute approximate surface area is 331 Å². The van der Waals surface area contributed by atoms with E-state index in [1.165, 1.54) is 10.6 Å². The molecule has 17 heteroatoms. The van der Waals surface area contributed by atoms with E-state index in [0.717, 1.165) is 79.4 Å². The number of halogens is 3. The summed E-state index contributed by atoms with van der Waals surface area (Å²) in [4.78, 5) is 59.0. The van der Waals surface area contributed by atoms with Crippen molar-refractivity contribution in [3.63, 3.8) is 0 Å². The highest BCUT2D eigenvalue weighted by Gasteiger charge is 2.37. The van der Waals surface area contributed by atoms with Crippen LogP contribution in [-0.4, -0.2) is 92.5 Å². The van der Waals surface area contributed by atoms with E-state index < -0.39 is 29.7 Å². The Morgan fingerprint density at radius 1 is 1.02 bits per heavy atom. The van der Waals surface area contributed by atoms with Crippen LogP contribution in [0.15, 0.2) is 65.6 Å². The molecule has 1 saturated carbocycles. The van der Waals surface area contributed by atoms with Crippen LogP contribution in [0.1, 0.15) is 73.2 Å². The van der Waals surface area contributed by atoms with E-state index in [1.807, 2.05) is 29.1 Å². The van der Waals surface area contributed by atoms with Gasteiger partial charge >= 0.3 is 11.9 Å². The lowest BCUT2D eigenvalue weighted by Crippen LogP contribution is -2.55. The maximum absolute atomic E-state index is 13.5. The monoisotopic (exact) mass is 801 g/mol. The number of rotatable bonds is 9. The average molecular weight is 802 g/mol. The standard InChI is InChI=1S/C41H46F3N9O5/c1-49(30-18-19-51(23-34(30)58-3)31-7-5-8-32-37(31)50(2)40(57)53(32)33-16-17-36(54)47-39(33)56)21-24-10-13-27(14-11-24)52-22-25-20-26(12-15-28(25)48-52)45-38(55)29-6-4-9-35(46-29)41(42,43)44/h4-9,12,15,20,22,24,27,30,33-34H,10-11,13-14,16-19,21,23H2,1-3H3,(H,45,55)(H,47,54,56)/t24-,27-,30-,33?,34-/m1/s1. The lowest BCUT2D eigenvalue weighted by molar-refractivity contribution is -0.141. The Morgan fingerprint density at radius 3 is 2.53 bits per heavy atom. The predicted octanol–water partition coefficient (Wildman–Crippen LogP) is 5.29. The molecule has 3 fully saturated rings. The van der Waals surface area contributed by atoms with Crippen LogP contribution in [0.2, 0.25) is 0 Å². The molecule has 2 aliphatic heterocycles. The molecular weight excluding hydrogens is 756 g/mol. The van der Waals surface area contributed by atoms with Crippen LogP contribution in [0, 0.1) is 5.92 Å². The number of methoxy groups -OCH3 is 1. The molecule has 0 radical (unpaired) electrons. The number of piperidine rings is 2. The fourth-order valence-corrected chi connectivity index (χ4v) is 9.12. The van der Waals surface area contributed by atoms with Crippen LogP contribution >= 0.6 is 0 Å². The molecule has 1 unspecified atom stereocenters. The van der Waals surface area contributed by atoms with Crippen molar-refractivity contribution in [2.24, 2.45) is 13.0 Å². The van der Waals surface area contributed by atoms with Gasteiger partial charge in [-0.25, -0.2) is 9.78 Å². The van der Waals surface area contributed by atoms with Crippen LogP contribution < -0.4 is 21.2 Å². The summed E-state index contributed by atoms with van der Waals surface area (Å²) in [6.07, 6.45) is 2.56. The second kappa shape index (κ2) is 15.7. The van der Waals surface area contributed by atoms with Crippen LogP contribution in [0.5, 0.6) is 0 Å². The van der Waals surface area contributed by atoms with Crippen LogP contribution in [0.25, 0.3) is 21.9 Å². The number of imide groups is 1. The van der Waals surface area contributed by atoms with E-state index in [0.29, 0.717) is 23.7 Å². The number of carbonyl (C=O) groups excluding carboxylic acids is 3. The third-order valence-corrected chi connectivity index (χ3v) is 12.1. The molecule has 2 aromatic carbocycles. The van der Waals surface area contributed by atoms with E-state index in [-0.39, 0.29) is 48.3 Å². The molecular formula is C41H46F3N9O5. The molecule has 3 aliphatic rings. The number of imidazole rings is 1. The number of likely N-dealkylation sites (N-methyl/N-ethyl adjacent to an activating group) is 1. The molecule has 3 amide bonds. The number of nitrogens with zero attached hydrogens (tertiary/aromatic N) is 7. The Kier molecular flexibility index (Phi) is 10.6. The van der Waals surface area contributed by atoms with Crippen molar-refractivity contribution in [3.8, 4) is 0 Å². The quantitative estimate of drug-likeness (QED) is 0.190. The van der Waals surface area contributed by atoms with Gasteiger partial charge < -0.3 is 19.9 Å². The van der Waals surface area contributed by atoms with Crippen LogP contribution in [0.4, 0.5) is 24.5 Å². The number of amides is 3. The first kappa shape index (κ1) is 39.3. The summed E-state index contributed by atoms with van der Waals surface area (Å²) < 4.78 is 50.5. The van der Waals surface area contributed by atoms with E-state index in [2.05, 4.69) is 32.5 Å². The van der Waals surface area contributed by atoms with Crippen molar-refractivity contribution in [3.05, 3.63) is 82.7 Å². The molecule has 3 aromatic heterocycles. The number of pyridine rings is 1. The Balaban J connectivity index is 0.875. The molecule has 58 heavy (non-hydrogen) atoms. The van der Waals surface area contributed by atoms with Gasteiger partial charge in [0, 0.05) is 63.5 Å². The second-order valence-corrected chi connectivity index (χ2v) is 15.8. The van der Waals surface area contributed by atoms with E-state index in [1.54, 1.807) is 36.9 Å². The van der Waals surface area contributed by atoms with E-state index in [9.17, 15) is 32.3 Å². The molecule has 1 aliphatic carbocycles. The van der Waals surface area contributed by atoms with E-state index in [4.69, 9.17) is 9.84 Å².